The Kier molecular flexibility index (Phi) is 4.40. The smallest absolute Gasteiger partial charge is 0.258 e. The fourth-order valence-electron chi connectivity index (χ4n) is 3.62. The average molecular weight is 433 g/mol. The number of ketones is 1. The normalized spacial score (nSPS) is 14.9. The molecule has 1 aliphatic heterocycles. The van der Waals surface area contributed by atoms with Crippen molar-refractivity contribution in [2.24, 2.45) is 0 Å². The van der Waals surface area contributed by atoms with E-state index in [-0.39, 0.29) is 24.1 Å². The minimum atomic E-state index is -0.547. The topological polar surface area (TPSA) is 85.6 Å². The van der Waals surface area contributed by atoms with Crippen LogP contribution in [-0.4, -0.2) is 31.9 Å². The zero-order chi connectivity index (χ0) is 21.8. The number of amides is 1. The number of ether oxygens (including phenoxy) is 1. The van der Waals surface area contributed by atoms with Crippen molar-refractivity contribution in [2.45, 2.75) is 32.8 Å². The highest BCUT2D eigenvalue weighted by atomic mass is 32.1. The zero-order valence-corrected chi connectivity index (χ0v) is 18.1. The molecule has 31 heavy (non-hydrogen) atoms. The van der Waals surface area contributed by atoms with Gasteiger partial charge in [0.2, 0.25) is 4.96 Å². The molecule has 1 amide bonds. The molecule has 2 aromatic carbocycles. The number of aryl methyl sites for hydroxylation is 1. The monoisotopic (exact) mass is 432 g/mol. The largest absolute Gasteiger partial charge is 0.487 e. The van der Waals surface area contributed by atoms with E-state index in [1.165, 1.54) is 16.9 Å². The van der Waals surface area contributed by atoms with Crippen LogP contribution in [0.3, 0.4) is 0 Å². The number of carbonyl (C=O) groups excluding carboxylic acids is 2. The maximum atomic E-state index is 12.8. The number of thiazole rings is 1. The Hall–Kier alpha value is -3.52. The lowest BCUT2D eigenvalue weighted by atomic mass is 9.92. The molecular weight excluding hydrogens is 412 g/mol. The van der Waals surface area contributed by atoms with Gasteiger partial charge in [0, 0.05) is 16.5 Å². The Morgan fingerprint density at radius 2 is 1.97 bits per heavy atom. The molecule has 0 saturated heterocycles. The molecule has 4 aromatic rings. The van der Waals surface area contributed by atoms with Crippen LogP contribution < -0.4 is 10.1 Å². The predicted molar refractivity (Wildman–Crippen MR) is 119 cm³/mol. The predicted octanol–water partition coefficient (Wildman–Crippen LogP) is 4.76. The van der Waals surface area contributed by atoms with Gasteiger partial charge in [-0.1, -0.05) is 29.8 Å². The van der Waals surface area contributed by atoms with Crippen LogP contribution in [0.5, 0.6) is 5.75 Å². The first-order valence-electron chi connectivity index (χ1n) is 9.88. The van der Waals surface area contributed by atoms with Crippen LogP contribution in [0.1, 0.15) is 46.5 Å². The molecule has 1 N–H and O–H groups in total. The van der Waals surface area contributed by atoms with E-state index >= 15 is 0 Å². The van der Waals surface area contributed by atoms with Gasteiger partial charge >= 0.3 is 0 Å². The Balaban J connectivity index is 1.40. The summed E-state index contributed by atoms with van der Waals surface area (Å²) in [5, 5.41) is 9.17. The fourth-order valence-corrected chi connectivity index (χ4v) is 4.46. The number of anilines is 1. The van der Waals surface area contributed by atoms with Crippen molar-refractivity contribution in [3.05, 3.63) is 64.5 Å². The van der Waals surface area contributed by atoms with Crippen LogP contribution >= 0.6 is 11.3 Å². The Bertz CT molecular complexity index is 1330. The molecule has 0 radical (unpaired) electrons. The third-order valence-corrected chi connectivity index (χ3v) is 5.99. The summed E-state index contributed by atoms with van der Waals surface area (Å²) in [6.07, 6.45) is 0.270. The number of nitrogens with zero attached hydrogens (tertiary/aromatic N) is 3. The second-order valence-corrected chi connectivity index (χ2v) is 9.08. The van der Waals surface area contributed by atoms with E-state index in [1.807, 2.05) is 50.4 Å². The Labute approximate surface area is 182 Å². The number of carbonyl (C=O) groups is 2. The molecule has 0 saturated carbocycles. The van der Waals surface area contributed by atoms with Gasteiger partial charge in [-0.05, 0) is 39.0 Å². The van der Waals surface area contributed by atoms with Gasteiger partial charge in [-0.3, -0.25) is 14.9 Å². The van der Waals surface area contributed by atoms with Crippen molar-refractivity contribution in [1.82, 2.24) is 14.6 Å². The Morgan fingerprint density at radius 3 is 2.74 bits per heavy atom. The number of hydrogen-bond donors (Lipinski definition) is 1. The highest BCUT2D eigenvalue weighted by Crippen LogP contribution is 2.33. The third kappa shape index (κ3) is 3.59. The van der Waals surface area contributed by atoms with Gasteiger partial charge in [-0.2, -0.15) is 4.98 Å². The second kappa shape index (κ2) is 7.02. The highest BCUT2D eigenvalue weighted by molar-refractivity contribution is 7.15. The molecule has 0 unspecified atom stereocenters. The lowest BCUT2D eigenvalue weighted by Gasteiger charge is -2.31. The molecule has 156 valence electrons. The van der Waals surface area contributed by atoms with Crippen LogP contribution in [0.2, 0.25) is 0 Å². The summed E-state index contributed by atoms with van der Waals surface area (Å²) in [5.41, 5.74) is 3.34. The van der Waals surface area contributed by atoms with E-state index in [9.17, 15) is 9.59 Å². The summed E-state index contributed by atoms with van der Waals surface area (Å²) < 4.78 is 7.58. The first kappa shape index (κ1) is 19.4. The molecule has 0 spiro atoms. The van der Waals surface area contributed by atoms with Gasteiger partial charge < -0.3 is 4.74 Å². The highest BCUT2D eigenvalue weighted by Gasteiger charge is 2.33. The maximum absolute atomic E-state index is 12.8. The van der Waals surface area contributed by atoms with Crippen molar-refractivity contribution in [3.63, 3.8) is 0 Å². The first-order valence-corrected chi connectivity index (χ1v) is 10.8. The van der Waals surface area contributed by atoms with E-state index < -0.39 is 5.60 Å². The maximum Gasteiger partial charge on any atom is 0.258 e. The minimum Gasteiger partial charge on any atom is -0.487 e. The summed E-state index contributed by atoms with van der Waals surface area (Å²) in [4.78, 5) is 30.3. The lowest BCUT2D eigenvalue weighted by Crippen LogP contribution is -2.36. The van der Waals surface area contributed by atoms with E-state index in [4.69, 9.17) is 4.74 Å². The van der Waals surface area contributed by atoms with Crippen molar-refractivity contribution < 1.29 is 14.3 Å². The van der Waals surface area contributed by atoms with Gasteiger partial charge in [0.1, 0.15) is 11.4 Å². The summed E-state index contributed by atoms with van der Waals surface area (Å²) in [6, 6.07) is 13.0. The fraction of sp³-hybridized carbons (Fsp3) is 0.217. The summed E-state index contributed by atoms with van der Waals surface area (Å²) in [7, 11) is 0. The molecule has 8 heteroatoms. The molecule has 2 aromatic heterocycles. The van der Waals surface area contributed by atoms with Crippen LogP contribution in [0.25, 0.3) is 16.2 Å². The molecule has 3 heterocycles. The van der Waals surface area contributed by atoms with E-state index in [0.29, 0.717) is 21.8 Å². The van der Waals surface area contributed by atoms with Crippen molar-refractivity contribution in [3.8, 4) is 17.0 Å². The zero-order valence-electron chi connectivity index (χ0n) is 17.3. The number of nitrogens with one attached hydrogen (secondary N) is 1. The minimum absolute atomic E-state index is 0.0377. The number of rotatable bonds is 3. The van der Waals surface area contributed by atoms with Crippen molar-refractivity contribution >= 4 is 33.9 Å². The van der Waals surface area contributed by atoms with Gasteiger partial charge in [-0.25, -0.2) is 4.52 Å². The number of Topliss-reactive ketones (excluding diaryl/α,β-unsaturated/α-hetero) is 1. The van der Waals surface area contributed by atoms with Gasteiger partial charge in [-0.15, -0.1) is 16.4 Å². The third-order valence-electron chi connectivity index (χ3n) is 5.17. The van der Waals surface area contributed by atoms with E-state index in [1.54, 1.807) is 22.7 Å². The molecule has 0 bridgehead atoms. The molecule has 5 rings (SSSR count). The van der Waals surface area contributed by atoms with Crippen LogP contribution in [0.15, 0.2) is 47.8 Å². The summed E-state index contributed by atoms with van der Waals surface area (Å²) in [5.74, 6) is 0.299. The quantitative estimate of drug-likeness (QED) is 0.504. The van der Waals surface area contributed by atoms with Crippen LogP contribution in [0, 0.1) is 6.92 Å². The van der Waals surface area contributed by atoms with Crippen LogP contribution in [-0.2, 0) is 0 Å². The van der Waals surface area contributed by atoms with Crippen molar-refractivity contribution in [1.29, 1.82) is 0 Å². The van der Waals surface area contributed by atoms with Crippen LogP contribution in [0.4, 0.5) is 5.95 Å². The molecule has 0 fully saturated rings. The molecule has 1 aliphatic rings. The van der Waals surface area contributed by atoms with Crippen molar-refractivity contribution in [2.75, 3.05) is 5.32 Å². The second-order valence-electron chi connectivity index (χ2n) is 8.24. The number of benzene rings is 2. The SMILES string of the molecule is Cc1ccc(-c2csc3nc(NC(=O)c4ccc5c(c4)C(=O)CC(C)(C)O5)nn23)cc1. The number of hydrogen-bond acceptors (Lipinski definition) is 6. The first-order chi connectivity index (χ1) is 14.8. The molecular formula is C23H20N4O3S. The molecule has 0 atom stereocenters. The Morgan fingerprint density at radius 1 is 1.19 bits per heavy atom. The number of aromatic nitrogens is 3. The summed E-state index contributed by atoms with van der Waals surface area (Å²) in [6.45, 7) is 5.78. The average Bonchev–Trinajstić information content (AvgIpc) is 3.28. The molecule has 7 nitrogen and oxygen atoms in total. The van der Waals surface area contributed by atoms with Gasteiger partial charge in [0.25, 0.3) is 11.9 Å². The van der Waals surface area contributed by atoms with E-state index in [0.717, 1.165) is 11.3 Å². The van der Waals surface area contributed by atoms with Gasteiger partial charge in [0.15, 0.2) is 5.78 Å². The van der Waals surface area contributed by atoms with E-state index in [2.05, 4.69) is 15.4 Å². The summed E-state index contributed by atoms with van der Waals surface area (Å²) >= 11 is 1.45. The lowest BCUT2D eigenvalue weighted by molar-refractivity contribution is 0.0620. The molecule has 0 aliphatic carbocycles. The van der Waals surface area contributed by atoms with Gasteiger partial charge in [0.05, 0.1) is 17.7 Å². The number of fused-ring (bicyclic) bond motifs is 2. The standard InChI is InChI=1S/C23H20N4O3S/c1-13-4-6-14(7-5-13)17-12-31-22-25-21(26-27(17)22)24-20(29)15-8-9-19-16(10-15)18(28)11-23(2,3)30-19/h4-10,12H,11H2,1-3H3,(H,24,26,29).